The van der Waals surface area contributed by atoms with Crippen LogP contribution in [0.25, 0.3) is 0 Å². The Hall–Kier alpha value is -0.700. The lowest BCUT2D eigenvalue weighted by Gasteiger charge is -2.11. The molecule has 2 nitrogen and oxygen atoms in total. The first-order valence-corrected chi connectivity index (χ1v) is 7.68. The molecule has 0 aliphatic carbocycles. The minimum absolute atomic E-state index is 0.809. The third-order valence-corrected chi connectivity index (χ3v) is 4.11. The summed E-state index contributed by atoms with van der Waals surface area (Å²) in [5.41, 5.74) is 1.33. The van der Waals surface area contributed by atoms with Crippen molar-refractivity contribution in [2.75, 3.05) is 17.6 Å². The van der Waals surface area contributed by atoms with Crippen LogP contribution in [0.15, 0.2) is 18.3 Å². The normalized spacial score (nSPS) is 12.4. The Labute approximate surface area is 110 Å². The van der Waals surface area contributed by atoms with Crippen LogP contribution in [0.3, 0.4) is 0 Å². The van der Waals surface area contributed by atoms with E-state index in [0.717, 1.165) is 30.5 Å². The van der Waals surface area contributed by atoms with Crippen LogP contribution in [-0.2, 0) is 5.75 Å². The minimum Gasteiger partial charge on any atom is -0.370 e. The number of rotatable bonds is 8. The summed E-state index contributed by atoms with van der Waals surface area (Å²) in [5.74, 6) is 4.16. The molecule has 1 atom stereocenters. The Morgan fingerprint density at radius 1 is 1.41 bits per heavy atom. The summed E-state index contributed by atoms with van der Waals surface area (Å²) in [6, 6.07) is 4.20. The van der Waals surface area contributed by atoms with Gasteiger partial charge < -0.3 is 5.32 Å². The van der Waals surface area contributed by atoms with Crippen LogP contribution in [0.1, 0.15) is 39.2 Å². The van der Waals surface area contributed by atoms with Gasteiger partial charge in [0, 0.05) is 24.1 Å². The molecule has 0 aliphatic heterocycles. The van der Waals surface area contributed by atoms with E-state index < -0.39 is 0 Å². The molecule has 0 amide bonds. The molecule has 1 aromatic heterocycles. The average Bonchev–Trinajstić information content (AvgIpc) is 2.37. The SMILES string of the molecule is CCCNc1ncccc1CSCC(C)CC. The third kappa shape index (κ3) is 5.44. The first-order chi connectivity index (χ1) is 8.27. The summed E-state index contributed by atoms with van der Waals surface area (Å²) >= 11 is 2.01. The summed E-state index contributed by atoms with van der Waals surface area (Å²) < 4.78 is 0. The molecule has 0 aromatic carbocycles. The highest BCUT2D eigenvalue weighted by molar-refractivity contribution is 7.98. The quantitative estimate of drug-likeness (QED) is 0.751. The minimum atomic E-state index is 0.809. The van der Waals surface area contributed by atoms with Gasteiger partial charge in [0.1, 0.15) is 5.82 Å². The Kier molecular flexibility index (Phi) is 7.10. The molecule has 17 heavy (non-hydrogen) atoms. The molecule has 1 unspecified atom stereocenters. The zero-order valence-electron chi connectivity index (χ0n) is 11.2. The fraction of sp³-hybridized carbons (Fsp3) is 0.643. The fourth-order valence-corrected chi connectivity index (χ4v) is 2.65. The number of hydrogen-bond acceptors (Lipinski definition) is 3. The van der Waals surface area contributed by atoms with Crippen LogP contribution in [0.2, 0.25) is 0 Å². The molecule has 0 bridgehead atoms. The van der Waals surface area contributed by atoms with E-state index in [1.807, 2.05) is 24.0 Å². The van der Waals surface area contributed by atoms with Gasteiger partial charge in [-0.25, -0.2) is 4.98 Å². The molecule has 0 saturated heterocycles. The van der Waals surface area contributed by atoms with E-state index in [9.17, 15) is 0 Å². The van der Waals surface area contributed by atoms with Crippen LogP contribution in [0.4, 0.5) is 5.82 Å². The third-order valence-electron chi connectivity index (χ3n) is 2.79. The molecular weight excluding hydrogens is 228 g/mol. The van der Waals surface area contributed by atoms with Crippen molar-refractivity contribution >= 4 is 17.6 Å². The van der Waals surface area contributed by atoms with E-state index in [2.05, 4.69) is 37.1 Å². The molecule has 1 aromatic rings. The number of nitrogens with zero attached hydrogens (tertiary/aromatic N) is 1. The molecule has 0 fully saturated rings. The predicted molar refractivity (Wildman–Crippen MR) is 78.6 cm³/mol. The number of anilines is 1. The van der Waals surface area contributed by atoms with Crippen LogP contribution in [-0.4, -0.2) is 17.3 Å². The molecule has 0 radical (unpaired) electrons. The van der Waals surface area contributed by atoms with Gasteiger partial charge in [-0.3, -0.25) is 0 Å². The molecule has 0 saturated carbocycles. The average molecular weight is 252 g/mol. The topological polar surface area (TPSA) is 24.9 Å². The summed E-state index contributed by atoms with van der Waals surface area (Å²) in [6.45, 7) is 7.74. The second-order valence-corrected chi connectivity index (χ2v) is 5.50. The van der Waals surface area contributed by atoms with Crippen molar-refractivity contribution < 1.29 is 0 Å². The number of aromatic nitrogens is 1. The van der Waals surface area contributed by atoms with Gasteiger partial charge in [-0.15, -0.1) is 0 Å². The van der Waals surface area contributed by atoms with Crippen molar-refractivity contribution in [2.24, 2.45) is 5.92 Å². The molecule has 0 aliphatic rings. The Bertz CT molecular complexity index is 315. The van der Waals surface area contributed by atoms with Crippen LogP contribution < -0.4 is 5.32 Å². The molecule has 1 rings (SSSR count). The summed E-state index contributed by atoms with van der Waals surface area (Å²) in [4.78, 5) is 4.41. The standard InChI is InChI=1S/C14H24N2S/c1-4-8-15-14-13(7-6-9-16-14)11-17-10-12(3)5-2/h6-7,9,12H,4-5,8,10-11H2,1-3H3,(H,15,16). The zero-order chi connectivity index (χ0) is 12.5. The molecule has 1 heterocycles. The summed E-state index contributed by atoms with van der Waals surface area (Å²) in [5, 5.41) is 3.39. The maximum atomic E-state index is 4.41. The van der Waals surface area contributed by atoms with Crippen LogP contribution in [0, 0.1) is 5.92 Å². The van der Waals surface area contributed by atoms with E-state index in [0.29, 0.717) is 0 Å². The van der Waals surface area contributed by atoms with Crippen LogP contribution >= 0.6 is 11.8 Å². The van der Waals surface area contributed by atoms with E-state index in [1.54, 1.807) is 0 Å². The summed E-state index contributed by atoms with van der Waals surface area (Å²) in [7, 11) is 0. The Morgan fingerprint density at radius 3 is 2.94 bits per heavy atom. The van der Waals surface area contributed by atoms with E-state index in [1.165, 1.54) is 17.7 Å². The number of hydrogen-bond donors (Lipinski definition) is 1. The second kappa shape index (κ2) is 8.40. The second-order valence-electron chi connectivity index (χ2n) is 4.47. The lowest BCUT2D eigenvalue weighted by atomic mass is 10.2. The van der Waals surface area contributed by atoms with Crippen LogP contribution in [0.5, 0.6) is 0 Å². The van der Waals surface area contributed by atoms with Crippen molar-refractivity contribution in [3.8, 4) is 0 Å². The van der Waals surface area contributed by atoms with E-state index in [4.69, 9.17) is 0 Å². The largest absolute Gasteiger partial charge is 0.370 e. The summed E-state index contributed by atoms with van der Waals surface area (Å²) in [6.07, 6.45) is 4.26. The maximum Gasteiger partial charge on any atom is 0.129 e. The number of pyridine rings is 1. The molecule has 96 valence electrons. The van der Waals surface area contributed by atoms with Crippen molar-refractivity contribution in [3.63, 3.8) is 0 Å². The van der Waals surface area contributed by atoms with Gasteiger partial charge in [-0.1, -0.05) is 33.3 Å². The van der Waals surface area contributed by atoms with E-state index in [-0.39, 0.29) is 0 Å². The van der Waals surface area contributed by atoms with Crippen molar-refractivity contribution in [1.82, 2.24) is 4.98 Å². The Balaban J connectivity index is 2.45. The monoisotopic (exact) mass is 252 g/mol. The highest BCUT2D eigenvalue weighted by Gasteiger charge is 2.04. The predicted octanol–water partition coefficient (Wildman–Crippen LogP) is 4.18. The van der Waals surface area contributed by atoms with Gasteiger partial charge in [-0.05, 0) is 24.2 Å². The first kappa shape index (κ1) is 14.4. The fourth-order valence-electron chi connectivity index (χ4n) is 1.45. The van der Waals surface area contributed by atoms with Gasteiger partial charge in [-0.2, -0.15) is 11.8 Å². The molecular formula is C14H24N2S. The zero-order valence-corrected chi connectivity index (χ0v) is 12.0. The number of nitrogens with one attached hydrogen (secondary N) is 1. The maximum absolute atomic E-state index is 4.41. The molecule has 1 N–H and O–H groups in total. The number of thioether (sulfide) groups is 1. The van der Waals surface area contributed by atoms with Gasteiger partial charge in [0.25, 0.3) is 0 Å². The highest BCUT2D eigenvalue weighted by atomic mass is 32.2. The van der Waals surface area contributed by atoms with Crippen molar-refractivity contribution in [3.05, 3.63) is 23.9 Å². The Morgan fingerprint density at radius 2 is 2.24 bits per heavy atom. The molecule has 3 heteroatoms. The van der Waals surface area contributed by atoms with Gasteiger partial charge >= 0.3 is 0 Å². The first-order valence-electron chi connectivity index (χ1n) is 6.53. The molecule has 0 spiro atoms. The highest BCUT2D eigenvalue weighted by Crippen LogP contribution is 2.21. The van der Waals surface area contributed by atoms with Gasteiger partial charge in [0.05, 0.1) is 0 Å². The van der Waals surface area contributed by atoms with E-state index >= 15 is 0 Å². The lowest BCUT2D eigenvalue weighted by Crippen LogP contribution is -2.05. The smallest absolute Gasteiger partial charge is 0.129 e. The van der Waals surface area contributed by atoms with Gasteiger partial charge in [0.15, 0.2) is 0 Å². The van der Waals surface area contributed by atoms with Crippen molar-refractivity contribution in [1.29, 1.82) is 0 Å². The van der Waals surface area contributed by atoms with Gasteiger partial charge in [0.2, 0.25) is 0 Å². The van der Waals surface area contributed by atoms with Crippen molar-refractivity contribution in [2.45, 2.75) is 39.4 Å². The lowest BCUT2D eigenvalue weighted by molar-refractivity contribution is 0.637.